The van der Waals surface area contributed by atoms with Gasteiger partial charge in [-0.2, -0.15) is 0 Å². The van der Waals surface area contributed by atoms with E-state index in [2.05, 4.69) is 20.6 Å². The highest BCUT2D eigenvalue weighted by Gasteiger charge is 2.11. The van der Waals surface area contributed by atoms with Gasteiger partial charge in [-0.25, -0.2) is 14.4 Å². The highest BCUT2D eigenvalue weighted by molar-refractivity contribution is 6.31. The summed E-state index contributed by atoms with van der Waals surface area (Å²) in [7, 11) is 0. The summed E-state index contributed by atoms with van der Waals surface area (Å²) in [6.07, 6.45) is 2.87. The van der Waals surface area contributed by atoms with E-state index in [9.17, 15) is 9.18 Å². The van der Waals surface area contributed by atoms with Crippen molar-refractivity contribution in [1.29, 1.82) is 0 Å². The van der Waals surface area contributed by atoms with Crippen LogP contribution in [0, 0.1) is 12.7 Å². The molecular formula is C19H16ClFN4O. The second-order valence-corrected chi connectivity index (χ2v) is 6.04. The standard InChI is InChI=1S/C19H16ClFN4O/c1-12-15(20)3-2-4-16(12)25-19(26)17-10-24-18(11-22-17)23-9-13-5-7-14(21)8-6-13/h2-8,10-11H,9H2,1H3,(H,23,24)(H,25,26). The number of nitrogens with one attached hydrogen (secondary N) is 2. The summed E-state index contributed by atoms with van der Waals surface area (Å²) >= 11 is 6.05. The average Bonchev–Trinajstić information content (AvgIpc) is 2.65. The summed E-state index contributed by atoms with van der Waals surface area (Å²) in [6, 6.07) is 11.5. The molecule has 0 spiro atoms. The van der Waals surface area contributed by atoms with Crippen LogP contribution in [0.25, 0.3) is 0 Å². The lowest BCUT2D eigenvalue weighted by molar-refractivity contribution is 0.102. The number of anilines is 2. The van der Waals surface area contributed by atoms with Gasteiger partial charge < -0.3 is 10.6 Å². The number of hydrogen-bond acceptors (Lipinski definition) is 4. The number of benzene rings is 2. The van der Waals surface area contributed by atoms with Crippen molar-refractivity contribution in [3.05, 3.63) is 82.5 Å². The lowest BCUT2D eigenvalue weighted by Gasteiger charge is -2.09. The SMILES string of the molecule is Cc1c(Cl)cccc1NC(=O)c1cnc(NCc2ccc(F)cc2)cn1. The highest BCUT2D eigenvalue weighted by Crippen LogP contribution is 2.23. The summed E-state index contributed by atoms with van der Waals surface area (Å²) < 4.78 is 12.9. The van der Waals surface area contributed by atoms with Crippen LogP contribution < -0.4 is 10.6 Å². The predicted octanol–water partition coefficient (Wildman–Crippen LogP) is 4.44. The second kappa shape index (κ2) is 7.93. The van der Waals surface area contributed by atoms with Crippen molar-refractivity contribution in [1.82, 2.24) is 9.97 Å². The minimum Gasteiger partial charge on any atom is -0.365 e. The third kappa shape index (κ3) is 4.34. The molecule has 0 aliphatic rings. The Morgan fingerprint density at radius 2 is 1.88 bits per heavy atom. The van der Waals surface area contributed by atoms with E-state index in [-0.39, 0.29) is 17.4 Å². The van der Waals surface area contributed by atoms with Crippen LogP contribution in [0.5, 0.6) is 0 Å². The molecule has 0 saturated heterocycles. The Morgan fingerprint density at radius 1 is 1.12 bits per heavy atom. The van der Waals surface area contributed by atoms with Gasteiger partial charge in [-0.15, -0.1) is 0 Å². The van der Waals surface area contributed by atoms with Crippen LogP contribution in [0.4, 0.5) is 15.9 Å². The molecule has 26 heavy (non-hydrogen) atoms. The van der Waals surface area contributed by atoms with Gasteiger partial charge in [-0.1, -0.05) is 29.8 Å². The molecular weight excluding hydrogens is 355 g/mol. The normalized spacial score (nSPS) is 10.4. The molecule has 0 aliphatic carbocycles. The van der Waals surface area contributed by atoms with Crippen LogP contribution in [0.1, 0.15) is 21.6 Å². The summed E-state index contributed by atoms with van der Waals surface area (Å²) in [5.74, 6) is -0.128. The maximum absolute atomic E-state index is 12.9. The number of rotatable bonds is 5. The quantitative estimate of drug-likeness (QED) is 0.696. The van der Waals surface area contributed by atoms with Gasteiger partial charge >= 0.3 is 0 Å². The lowest BCUT2D eigenvalue weighted by atomic mass is 10.2. The van der Waals surface area contributed by atoms with Crippen molar-refractivity contribution in [2.24, 2.45) is 0 Å². The Labute approximate surface area is 155 Å². The van der Waals surface area contributed by atoms with Gasteiger partial charge in [-0.05, 0) is 42.3 Å². The van der Waals surface area contributed by atoms with Gasteiger partial charge in [0.15, 0.2) is 0 Å². The first-order valence-corrected chi connectivity index (χ1v) is 8.27. The Morgan fingerprint density at radius 3 is 2.58 bits per heavy atom. The molecule has 0 bridgehead atoms. The van der Waals surface area contributed by atoms with Crippen LogP contribution in [-0.4, -0.2) is 15.9 Å². The van der Waals surface area contributed by atoms with Gasteiger partial charge in [0.2, 0.25) is 0 Å². The van der Waals surface area contributed by atoms with E-state index in [0.29, 0.717) is 23.1 Å². The molecule has 0 saturated carbocycles. The fraction of sp³-hybridized carbons (Fsp3) is 0.105. The number of aromatic nitrogens is 2. The molecule has 132 valence electrons. The van der Waals surface area contributed by atoms with E-state index in [1.54, 1.807) is 30.3 Å². The molecule has 3 aromatic rings. The zero-order valence-corrected chi connectivity index (χ0v) is 14.7. The topological polar surface area (TPSA) is 66.9 Å². The fourth-order valence-corrected chi connectivity index (χ4v) is 2.44. The number of carbonyl (C=O) groups excluding carboxylic acids is 1. The molecule has 7 heteroatoms. The second-order valence-electron chi connectivity index (χ2n) is 5.63. The predicted molar refractivity (Wildman–Crippen MR) is 99.9 cm³/mol. The van der Waals surface area contributed by atoms with Crippen LogP contribution in [0.15, 0.2) is 54.9 Å². The lowest BCUT2D eigenvalue weighted by Crippen LogP contribution is -2.15. The molecule has 1 aromatic heterocycles. The van der Waals surface area contributed by atoms with Gasteiger partial charge in [0.1, 0.15) is 17.3 Å². The van der Waals surface area contributed by atoms with E-state index >= 15 is 0 Å². The third-order valence-corrected chi connectivity index (χ3v) is 4.20. The maximum Gasteiger partial charge on any atom is 0.275 e. The average molecular weight is 371 g/mol. The van der Waals surface area contributed by atoms with Crippen molar-refractivity contribution in [3.8, 4) is 0 Å². The molecule has 2 aromatic carbocycles. The zero-order chi connectivity index (χ0) is 18.5. The molecule has 1 heterocycles. The minimum atomic E-state index is -0.368. The highest BCUT2D eigenvalue weighted by atomic mass is 35.5. The first kappa shape index (κ1) is 17.8. The van der Waals surface area contributed by atoms with Gasteiger partial charge in [-0.3, -0.25) is 4.79 Å². The van der Waals surface area contributed by atoms with Gasteiger partial charge in [0.05, 0.1) is 12.4 Å². The number of carbonyl (C=O) groups is 1. The summed E-state index contributed by atoms with van der Waals surface area (Å²) in [6.45, 7) is 2.30. The monoisotopic (exact) mass is 370 g/mol. The summed E-state index contributed by atoms with van der Waals surface area (Å²) in [4.78, 5) is 20.6. The maximum atomic E-state index is 12.9. The number of amides is 1. The Hall–Kier alpha value is -2.99. The molecule has 0 radical (unpaired) electrons. The molecule has 3 rings (SSSR count). The number of nitrogens with zero attached hydrogens (tertiary/aromatic N) is 2. The Bertz CT molecular complexity index is 914. The van der Waals surface area contributed by atoms with E-state index in [1.165, 1.54) is 24.5 Å². The van der Waals surface area contributed by atoms with E-state index in [1.807, 2.05) is 6.92 Å². The Balaban J connectivity index is 1.62. The Kier molecular flexibility index (Phi) is 5.43. The molecule has 0 atom stereocenters. The third-order valence-electron chi connectivity index (χ3n) is 3.79. The molecule has 5 nitrogen and oxygen atoms in total. The fourth-order valence-electron chi connectivity index (χ4n) is 2.26. The molecule has 1 amide bonds. The summed E-state index contributed by atoms with van der Waals surface area (Å²) in [5.41, 5.74) is 2.51. The zero-order valence-electron chi connectivity index (χ0n) is 14.0. The van der Waals surface area contributed by atoms with E-state index in [4.69, 9.17) is 11.6 Å². The van der Waals surface area contributed by atoms with Crippen LogP contribution in [-0.2, 0) is 6.54 Å². The van der Waals surface area contributed by atoms with Crippen molar-refractivity contribution in [3.63, 3.8) is 0 Å². The number of halogens is 2. The van der Waals surface area contributed by atoms with Crippen molar-refractivity contribution in [2.75, 3.05) is 10.6 Å². The van der Waals surface area contributed by atoms with Crippen molar-refractivity contribution >= 4 is 29.0 Å². The molecule has 0 unspecified atom stereocenters. The first-order chi connectivity index (χ1) is 12.5. The minimum absolute atomic E-state index is 0.191. The van der Waals surface area contributed by atoms with Crippen LogP contribution in [0.2, 0.25) is 5.02 Å². The summed E-state index contributed by atoms with van der Waals surface area (Å²) in [5, 5.41) is 6.41. The van der Waals surface area contributed by atoms with Gasteiger partial charge in [0.25, 0.3) is 5.91 Å². The van der Waals surface area contributed by atoms with Crippen molar-refractivity contribution in [2.45, 2.75) is 13.5 Å². The van der Waals surface area contributed by atoms with Crippen LogP contribution >= 0.6 is 11.6 Å². The van der Waals surface area contributed by atoms with E-state index in [0.717, 1.165) is 11.1 Å². The molecule has 2 N–H and O–H groups in total. The van der Waals surface area contributed by atoms with Crippen LogP contribution in [0.3, 0.4) is 0 Å². The largest absolute Gasteiger partial charge is 0.365 e. The smallest absolute Gasteiger partial charge is 0.275 e. The van der Waals surface area contributed by atoms with Gasteiger partial charge in [0, 0.05) is 17.3 Å². The number of hydrogen-bond donors (Lipinski definition) is 2. The molecule has 0 aliphatic heterocycles. The first-order valence-electron chi connectivity index (χ1n) is 7.90. The van der Waals surface area contributed by atoms with Crippen molar-refractivity contribution < 1.29 is 9.18 Å². The van der Waals surface area contributed by atoms with E-state index < -0.39 is 0 Å². The molecule has 0 fully saturated rings.